The molecule has 0 fully saturated rings. The first-order chi connectivity index (χ1) is 9.20. The van der Waals surface area contributed by atoms with Gasteiger partial charge in [-0.1, -0.05) is 44.0 Å². The molecular formula is C16H19NO2. The minimum absolute atomic E-state index is 0.138. The van der Waals surface area contributed by atoms with Crippen molar-refractivity contribution < 1.29 is 9.59 Å². The van der Waals surface area contributed by atoms with E-state index in [1.54, 1.807) is 13.1 Å². The number of benzene rings is 1. The van der Waals surface area contributed by atoms with E-state index >= 15 is 0 Å². The average molecular weight is 257 g/mol. The minimum atomic E-state index is -0.271. The van der Waals surface area contributed by atoms with Gasteiger partial charge in [0.15, 0.2) is 5.78 Å². The van der Waals surface area contributed by atoms with Gasteiger partial charge in [-0.2, -0.15) is 0 Å². The average Bonchev–Trinajstić information content (AvgIpc) is 2.72. The van der Waals surface area contributed by atoms with Crippen molar-refractivity contribution in [2.45, 2.75) is 32.6 Å². The number of amides is 1. The molecule has 1 amide bonds. The van der Waals surface area contributed by atoms with Crippen molar-refractivity contribution in [3.8, 4) is 0 Å². The van der Waals surface area contributed by atoms with Crippen LogP contribution < -0.4 is 5.32 Å². The third-order valence-corrected chi connectivity index (χ3v) is 3.51. The highest BCUT2D eigenvalue weighted by Gasteiger charge is 2.32. The SMILES string of the molecule is CCCCCC1=C(C(=O)NC)C(=O)c2ccccc21. The van der Waals surface area contributed by atoms with E-state index in [1.807, 2.05) is 18.2 Å². The number of likely N-dealkylation sites (N-methyl/N-ethyl adjacent to an activating group) is 1. The molecular weight excluding hydrogens is 238 g/mol. The number of allylic oxidation sites excluding steroid dienone is 1. The highest BCUT2D eigenvalue weighted by atomic mass is 16.2. The van der Waals surface area contributed by atoms with Gasteiger partial charge in [0.25, 0.3) is 5.91 Å². The highest BCUT2D eigenvalue weighted by Crippen LogP contribution is 2.36. The van der Waals surface area contributed by atoms with Crippen LogP contribution >= 0.6 is 0 Å². The fourth-order valence-electron chi connectivity index (χ4n) is 2.53. The summed E-state index contributed by atoms with van der Waals surface area (Å²) in [6.07, 6.45) is 4.03. The van der Waals surface area contributed by atoms with Crippen LogP contribution in [-0.4, -0.2) is 18.7 Å². The molecule has 0 saturated heterocycles. The van der Waals surface area contributed by atoms with Crippen LogP contribution in [0.5, 0.6) is 0 Å². The monoisotopic (exact) mass is 257 g/mol. The van der Waals surface area contributed by atoms with Crippen LogP contribution in [0.3, 0.4) is 0 Å². The number of carbonyl (C=O) groups is 2. The number of hydrogen-bond donors (Lipinski definition) is 1. The highest BCUT2D eigenvalue weighted by molar-refractivity contribution is 6.34. The Bertz CT molecular complexity index is 543. The van der Waals surface area contributed by atoms with E-state index in [9.17, 15) is 9.59 Å². The van der Waals surface area contributed by atoms with Gasteiger partial charge in [0.2, 0.25) is 0 Å². The van der Waals surface area contributed by atoms with Crippen LogP contribution in [0, 0.1) is 0 Å². The molecule has 0 bridgehead atoms. The second kappa shape index (κ2) is 5.83. The van der Waals surface area contributed by atoms with E-state index in [4.69, 9.17) is 0 Å². The number of hydrogen-bond acceptors (Lipinski definition) is 2. The first-order valence-electron chi connectivity index (χ1n) is 6.80. The number of fused-ring (bicyclic) bond motifs is 1. The number of unbranched alkanes of at least 4 members (excludes halogenated alkanes) is 2. The molecule has 0 radical (unpaired) electrons. The van der Waals surface area contributed by atoms with Gasteiger partial charge in [0.05, 0.1) is 5.57 Å². The summed E-state index contributed by atoms with van der Waals surface area (Å²) < 4.78 is 0. The summed E-state index contributed by atoms with van der Waals surface area (Å²) in [5, 5.41) is 2.57. The quantitative estimate of drug-likeness (QED) is 0.651. The smallest absolute Gasteiger partial charge is 0.255 e. The Morgan fingerprint density at radius 2 is 1.84 bits per heavy atom. The molecule has 3 heteroatoms. The molecule has 1 aliphatic carbocycles. The largest absolute Gasteiger partial charge is 0.355 e. The lowest BCUT2D eigenvalue weighted by Crippen LogP contribution is -2.23. The Balaban J connectivity index is 2.41. The van der Waals surface area contributed by atoms with Crippen LogP contribution in [0.2, 0.25) is 0 Å². The second-order valence-corrected chi connectivity index (χ2v) is 4.76. The lowest BCUT2D eigenvalue weighted by atomic mass is 9.99. The first-order valence-corrected chi connectivity index (χ1v) is 6.80. The van der Waals surface area contributed by atoms with Crippen molar-refractivity contribution in [1.82, 2.24) is 5.32 Å². The van der Waals surface area contributed by atoms with E-state index in [0.29, 0.717) is 11.1 Å². The van der Waals surface area contributed by atoms with Crippen LogP contribution in [0.4, 0.5) is 0 Å². The molecule has 0 atom stereocenters. The summed E-state index contributed by atoms with van der Waals surface area (Å²) in [5.74, 6) is -0.408. The summed E-state index contributed by atoms with van der Waals surface area (Å²) in [4.78, 5) is 24.3. The molecule has 2 rings (SSSR count). The molecule has 0 heterocycles. The summed E-state index contributed by atoms with van der Waals surface area (Å²) in [6, 6.07) is 7.49. The molecule has 0 spiro atoms. The molecule has 1 N–H and O–H groups in total. The van der Waals surface area contributed by atoms with Gasteiger partial charge in [0, 0.05) is 12.6 Å². The van der Waals surface area contributed by atoms with E-state index < -0.39 is 0 Å². The normalized spacial score (nSPS) is 13.7. The zero-order chi connectivity index (χ0) is 13.8. The molecule has 0 unspecified atom stereocenters. The Labute approximate surface area is 113 Å². The van der Waals surface area contributed by atoms with Crippen LogP contribution in [0.25, 0.3) is 5.57 Å². The van der Waals surface area contributed by atoms with Gasteiger partial charge in [-0.25, -0.2) is 0 Å². The number of ketones is 1. The Morgan fingerprint density at radius 3 is 2.47 bits per heavy atom. The van der Waals surface area contributed by atoms with Crippen molar-refractivity contribution in [3.05, 3.63) is 41.0 Å². The number of nitrogens with one attached hydrogen (secondary N) is 1. The van der Waals surface area contributed by atoms with E-state index in [1.165, 1.54) is 0 Å². The van der Waals surface area contributed by atoms with Crippen molar-refractivity contribution in [3.63, 3.8) is 0 Å². The van der Waals surface area contributed by atoms with Gasteiger partial charge in [-0.3, -0.25) is 9.59 Å². The third-order valence-electron chi connectivity index (χ3n) is 3.51. The summed E-state index contributed by atoms with van der Waals surface area (Å²) >= 11 is 0. The second-order valence-electron chi connectivity index (χ2n) is 4.76. The molecule has 19 heavy (non-hydrogen) atoms. The van der Waals surface area contributed by atoms with Gasteiger partial charge >= 0.3 is 0 Å². The standard InChI is InChI=1S/C16H19NO2/c1-3-4-5-9-12-11-8-6-7-10-13(11)15(18)14(12)16(19)17-2/h6-8,10H,3-5,9H2,1-2H3,(H,17,19). The van der Waals surface area contributed by atoms with Crippen LogP contribution in [-0.2, 0) is 4.79 Å². The predicted molar refractivity (Wildman–Crippen MR) is 75.9 cm³/mol. The molecule has 100 valence electrons. The summed E-state index contributed by atoms with van der Waals surface area (Å²) in [5.41, 5.74) is 2.84. The van der Waals surface area contributed by atoms with E-state index in [-0.39, 0.29) is 11.7 Å². The Hall–Kier alpha value is -1.90. The van der Waals surface area contributed by atoms with Gasteiger partial charge in [-0.05, 0) is 24.0 Å². The van der Waals surface area contributed by atoms with Crippen LogP contribution in [0.15, 0.2) is 29.8 Å². The van der Waals surface area contributed by atoms with Gasteiger partial charge in [-0.15, -0.1) is 0 Å². The maximum absolute atomic E-state index is 12.3. The lowest BCUT2D eigenvalue weighted by molar-refractivity contribution is -0.116. The lowest BCUT2D eigenvalue weighted by Gasteiger charge is -2.06. The van der Waals surface area contributed by atoms with E-state index in [2.05, 4.69) is 12.2 Å². The topological polar surface area (TPSA) is 46.2 Å². The maximum Gasteiger partial charge on any atom is 0.255 e. The fraction of sp³-hybridized carbons (Fsp3) is 0.375. The zero-order valence-corrected chi connectivity index (χ0v) is 11.5. The Kier molecular flexibility index (Phi) is 4.15. The van der Waals surface area contributed by atoms with Crippen molar-refractivity contribution >= 4 is 17.3 Å². The predicted octanol–water partition coefficient (Wildman–Crippen LogP) is 2.96. The Morgan fingerprint density at radius 1 is 1.16 bits per heavy atom. The fourth-order valence-corrected chi connectivity index (χ4v) is 2.53. The van der Waals surface area contributed by atoms with E-state index in [0.717, 1.165) is 36.8 Å². The zero-order valence-electron chi connectivity index (χ0n) is 11.5. The van der Waals surface area contributed by atoms with Gasteiger partial charge in [0.1, 0.15) is 0 Å². The van der Waals surface area contributed by atoms with Crippen molar-refractivity contribution in [1.29, 1.82) is 0 Å². The molecule has 0 saturated carbocycles. The molecule has 1 aromatic rings. The maximum atomic E-state index is 12.3. The van der Waals surface area contributed by atoms with Crippen LogP contribution in [0.1, 0.15) is 48.5 Å². The molecule has 1 aliphatic rings. The van der Waals surface area contributed by atoms with Gasteiger partial charge < -0.3 is 5.32 Å². The molecule has 1 aromatic carbocycles. The minimum Gasteiger partial charge on any atom is -0.355 e. The molecule has 0 aliphatic heterocycles. The molecule has 0 aromatic heterocycles. The number of rotatable bonds is 5. The third kappa shape index (κ3) is 2.46. The number of carbonyl (C=O) groups excluding carboxylic acids is 2. The summed E-state index contributed by atoms with van der Waals surface area (Å²) in [7, 11) is 1.56. The van der Waals surface area contributed by atoms with Crippen molar-refractivity contribution in [2.24, 2.45) is 0 Å². The first kappa shape index (κ1) is 13.5. The summed E-state index contributed by atoms with van der Waals surface area (Å²) in [6.45, 7) is 2.14. The molecule has 3 nitrogen and oxygen atoms in total. The number of Topliss-reactive ketones (excluding diaryl/α,β-unsaturated/α-hetero) is 1. The van der Waals surface area contributed by atoms with Crippen molar-refractivity contribution in [2.75, 3.05) is 7.05 Å².